The van der Waals surface area contributed by atoms with Crippen LogP contribution in [0, 0.1) is 0 Å². The van der Waals surface area contributed by atoms with Gasteiger partial charge in [0.15, 0.2) is 0 Å². The molecule has 1 aromatic carbocycles. The van der Waals surface area contributed by atoms with E-state index in [1.165, 1.54) is 0 Å². The summed E-state index contributed by atoms with van der Waals surface area (Å²) in [6, 6.07) is 7.05. The first-order valence-corrected chi connectivity index (χ1v) is 5.37. The van der Waals surface area contributed by atoms with Gasteiger partial charge in [-0.05, 0) is 31.0 Å². The number of amides is 1. The quantitative estimate of drug-likeness (QED) is 0.499. The molecule has 1 rings (SSSR count). The van der Waals surface area contributed by atoms with Crippen molar-refractivity contribution in [2.45, 2.75) is 12.8 Å². The lowest BCUT2D eigenvalue weighted by Crippen LogP contribution is -2.27. The molecule has 0 atom stereocenters. The predicted octanol–water partition coefficient (Wildman–Crippen LogP) is 2.73. The van der Waals surface area contributed by atoms with Gasteiger partial charge in [-0.3, -0.25) is 4.79 Å². The van der Waals surface area contributed by atoms with E-state index in [0.29, 0.717) is 11.3 Å². The second kappa shape index (κ2) is 7.74. The highest BCUT2D eigenvalue weighted by molar-refractivity contribution is 5.94. The number of halogens is 1. The van der Waals surface area contributed by atoms with Gasteiger partial charge in [-0.15, -0.1) is 19.0 Å². The zero-order valence-electron chi connectivity index (χ0n) is 10.1. The van der Waals surface area contributed by atoms with E-state index in [-0.39, 0.29) is 18.3 Å². The Morgan fingerprint density at radius 1 is 1.53 bits per heavy atom. The third-order valence-corrected chi connectivity index (χ3v) is 2.38. The fourth-order valence-electron chi connectivity index (χ4n) is 1.47. The summed E-state index contributed by atoms with van der Waals surface area (Å²) in [5.41, 5.74) is 6.89. The number of carbonyl (C=O) groups excluding carboxylic acids is 1. The largest absolute Gasteiger partial charge is 0.399 e. The van der Waals surface area contributed by atoms with E-state index in [1.807, 2.05) is 6.08 Å². The van der Waals surface area contributed by atoms with E-state index in [9.17, 15) is 4.79 Å². The van der Waals surface area contributed by atoms with Crippen LogP contribution < -0.4 is 5.73 Å². The topological polar surface area (TPSA) is 46.3 Å². The monoisotopic (exact) mass is 254 g/mol. The number of benzene rings is 1. The Morgan fingerprint density at radius 2 is 2.24 bits per heavy atom. The molecular weight excluding hydrogens is 236 g/mol. The maximum absolute atomic E-state index is 11.9. The number of unbranched alkanes of at least 4 members (excludes halogenated alkanes) is 1. The Kier molecular flexibility index (Phi) is 7.06. The Labute approximate surface area is 109 Å². The first kappa shape index (κ1) is 15.5. The van der Waals surface area contributed by atoms with Crippen LogP contribution in [-0.4, -0.2) is 24.4 Å². The van der Waals surface area contributed by atoms with Crippen molar-refractivity contribution in [3.05, 3.63) is 42.5 Å². The number of hydrogen-bond acceptors (Lipinski definition) is 2. The van der Waals surface area contributed by atoms with Crippen molar-refractivity contribution in [2.75, 3.05) is 19.3 Å². The average Bonchev–Trinajstić information content (AvgIpc) is 2.28. The summed E-state index contributed by atoms with van der Waals surface area (Å²) in [6.07, 6.45) is 3.72. The Morgan fingerprint density at radius 3 is 2.82 bits per heavy atom. The fourth-order valence-corrected chi connectivity index (χ4v) is 1.47. The van der Waals surface area contributed by atoms with E-state index in [4.69, 9.17) is 5.73 Å². The molecule has 0 unspecified atom stereocenters. The van der Waals surface area contributed by atoms with E-state index >= 15 is 0 Å². The fraction of sp³-hybridized carbons (Fsp3) is 0.308. The summed E-state index contributed by atoms with van der Waals surface area (Å²) in [7, 11) is 1.80. The zero-order chi connectivity index (χ0) is 12.0. The predicted molar refractivity (Wildman–Crippen MR) is 74.5 cm³/mol. The van der Waals surface area contributed by atoms with Gasteiger partial charge in [0.05, 0.1) is 0 Å². The van der Waals surface area contributed by atoms with Gasteiger partial charge < -0.3 is 10.6 Å². The Bertz CT molecular complexity index is 379. The molecule has 1 aromatic rings. The minimum atomic E-state index is 0. The molecule has 0 fully saturated rings. The third kappa shape index (κ3) is 4.91. The van der Waals surface area contributed by atoms with Crippen LogP contribution >= 0.6 is 12.4 Å². The van der Waals surface area contributed by atoms with Gasteiger partial charge in [0.1, 0.15) is 0 Å². The molecule has 94 valence electrons. The number of nitrogens with two attached hydrogens (primary N) is 1. The van der Waals surface area contributed by atoms with Gasteiger partial charge in [0, 0.05) is 24.8 Å². The number of rotatable bonds is 5. The molecule has 0 aliphatic rings. The van der Waals surface area contributed by atoms with Gasteiger partial charge in [-0.25, -0.2) is 0 Å². The van der Waals surface area contributed by atoms with Crippen molar-refractivity contribution in [1.29, 1.82) is 0 Å². The number of allylic oxidation sites excluding steroid dienone is 1. The molecule has 3 nitrogen and oxygen atoms in total. The van der Waals surface area contributed by atoms with Crippen LogP contribution in [0.15, 0.2) is 36.9 Å². The lowest BCUT2D eigenvalue weighted by Gasteiger charge is -2.16. The number of hydrogen-bond donors (Lipinski definition) is 1. The molecule has 4 heteroatoms. The molecule has 0 saturated heterocycles. The molecule has 0 spiro atoms. The second-order valence-electron chi connectivity index (χ2n) is 3.78. The summed E-state index contributed by atoms with van der Waals surface area (Å²) < 4.78 is 0. The molecule has 17 heavy (non-hydrogen) atoms. The van der Waals surface area contributed by atoms with Crippen LogP contribution in [0.25, 0.3) is 0 Å². The van der Waals surface area contributed by atoms with Crippen LogP contribution in [0.5, 0.6) is 0 Å². The lowest BCUT2D eigenvalue weighted by atomic mass is 10.1. The number of anilines is 1. The van der Waals surface area contributed by atoms with Crippen LogP contribution in [0.1, 0.15) is 23.2 Å². The molecule has 1 amide bonds. The summed E-state index contributed by atoms with van der Waals surface area (Å²) in [5.74, 6) is 0.0105. The Balaban J connectivity index is 0.00000256. The van der Waals surface area contributed by atoms with Gasteiger partial charge in [-0.1, -0.05) is 12.1 Å². The first-order chi connectivity index (χ1) is 7.65. The molecular formula is C13H19ClN2O. The molecule has 0 saturated carbocycles. The van der Waals surface area contributed by atoms with Crippen molar-refractivity contribution < 1.29 is 4.79 Å². The first-order valence-electron chi connectivity index (χ1n) is 5.37. The van der Waals surface area contributed by atoms with E-state index in [1.54, 1.807) is 36.2 Å². The lowest BCUT2D eigenvalue weighted by molar-refractivity contribution is 0.0794. The summed E-state index contributed by atoms with van der Waals surface area (Å²) in [4.78, 5) is 13.6. The SMILES string of the molecule is C=CCCCN(C)C(=O)c1cccc(N)c1.Cl. The number of carbonyl (C=O) groups is 1. The van der Waals surface area contributed by atoms with Crippen LogP contribution in [0.4, 0.5) is 5.69 Å². The smallest absolute Gasteiger partial charge is 0.253 e. The average molecular weight is 255 g/mol. The minimum absolute atomic E-state index is 0. The van der Waals surface area contributed by atoms with Crippen LogP contribution in [0.3, 0.4) is 0 Å². The minimum Gasteiger partial charge on any atom is -0.399 e. The maximum atomic E-state index is 11.9. The van der Waals surface area contributed by atoms with Gasteiger partial charge in [0.25, 0.3) is 5.91 Å². The molecule has 0 radical (unpaired) electrons. The van der Waals surface area contributed by atoms with Crippen molar-refractivity contribution in [1.82, 2.24) is 4.90 Å². The third-order valence-electron chi connectivity index (χ3n) is 2.38. The normalized spacial score (nSPS) is 9.24. The van der Waals surface area contributed by atoms with E-state index < -0.39 is 0 Å². The molecule has 0 aromatic heterocycles. The summed E-state index contributed by atoms with van der Waals surface area (Å²) >= 11 is 0. The standard InChI is InChI=1S/C13H18N2O.ClH/c1-3-4-5-9-15(2)13(16)11-7-6-8-12(14)10-11;/h3,6-8,10H,1,4-5,9,14H2,2H3;1H. The van der Waals surface area contributed by atoms with Crippen molar-refractivity contribution >= 4 is 24.0 Å². The molecule has 0 aliphatic heterocycles. The summed E-state index contributed by atoms with van der Waals surface area (Å²) in [5, 5.41) is 0. The maximum Gasteiger partial charge on any atom is 0.253 e. The molecule has 0 heterocycles. The highest BCUT2D eigenvalue weighted by Crippen LogP contribution is 2.09. The highest BCUT2D eigenvalue weighted by Gasteiger charge is 2.10. The van der Waals surface area contributed by atoms with E-state index in [2.05, 4.69) is 6.58 Å². The van der Waals surface area contributed by atoms with Crippen LogP contribution in [0.2, 0.25) is 0 Å². The Hall–Kier alpha value is -1.48. The highest BCUT2D eigenvalue weighted by atomic mass is 35.5. The van der Waals surface area contributed by atoms with Crippen molar-refractivity contribution in [2.24, 2.45) is 0 Å². The molecule has 2 N–H and O–H groups in total. The van der Waals surface area contributed by atoms with E-state index in [0.717, 1.165) is 19.4 Å². The summed E-state index contributed by atoms with van der Waals surface area (Å²) in [6.45, 7) is 4.39. The second-order valence-corrected chi connectivity index (χ2v) is 3.78. The number of nitrogen functional groups attached to an aromatic ring is 1. The number of nitrogens with zero attached hydrogens (tertiary/aromatic N) is 1. The zero-order valence-corrected chi connectivity index (χ0v) is 10.9. The molecule has 0 aliphatic carbocycles. The van der Waals surface area contributed by atoms with Gasteiger partial charge in [0.2, 0.25) is 0 Å². The van der Waals surface area contributed by atoms with Gasteiger partial charge >= 0.3 is 0 Å². The van der Waals surface area contributed by atoms with Crippen molar-refractivity contribution in [3.63, 3.8) is 0 Å². The van der Waals surface area contributed by atoms with Crippen molar-refractivity contribution in [3.8, 4) is 0 Å². The molecule has 0 bridgehead atoms. The van der Waals surface area contributed by atoms with Gasteiger partial charge in [-0.2, -0.15) is 0 Å². The van der Waals surface area contributed by atoms with Crippen LogP contribution in [-0.2, 0) is 0 Å².